The minimum absolute atomic E-state index is 0.0109. The van der Waals surface area contributed by atoms with E-state index in [2.05, 4.69) is 0 Å². The Bertz CT molecular complexity index is 2100. The van der Waals surface area contributed by atoms with E-state index in [4.69, 9.17) is 30.5 Å². The molecule has 2 saturated heterocycles. The molecule has 10 aliphatic rings. The summed E-state index contributed by atoms with van der Waals surface area (Å²) in [7, 11) is 0. The first-order chi connectivity index (χ1) is 28.7. The normalized spacial score (nSPS) is 52.4. The van der Waals surface area contributed by atoms with Crippen molar-refractivity contribution in [2.75, 3.05) is 12.5 Å². The molecule has 16 atom stereocenters. The van der Waals surface area contributed by atoms with Gasteiger partial charge in [-0.2, -0.15) is 0 Å². The molecule has 2 heterocycles. The van der Waals surface area contributed by atoms with Crippen LogP contribution in [0.3, 0.4) is 0 Å². The van der Waals surface area contributed by atoms with E-state index in [9.17, 15) is 34.5 Å². The topological polar surface area (TPSA) is 166 Å². The molecule has 62 heavy (non-hydrogen) atoms. The van der Waals surface area contributed by atoms with Gasteiger partial charge in [0.2, 0.25) is 0 Å². The van der Waals surface area contributed by atoms with Crippen molar-refractivity contribution in [2.45, 2.75) is 178 Å². The fourth-order valence-corrected chi connectivity index (χ4v) is 16.4. The molecule has 0 unspecified atom stereocenters. The second kappa shape index (κ2) is 13.7. The maximum absolute atomic E-state index is 17.2. The van der Waals surface area contributed by atoms with Crippen molar-refractivity contribution in [3.63, 3.8) is 0 Å². The highest BCUT2D eigenvalue weighted by Crippen LogP contribution is 2.74. The Morgan fingerprint density at radius 3 is 1.76 bits per heavy atom. The molecular formula is C48H63ClF2O11. The summed E-state index contributed by atoms with van der Waals surface area (Å²) in [6, 6.07) is 0. The van der Waals surface area contributed by atoms with E-state index in [1.165, 1.54) is 12.2 Å². The van der Waals surface area contributed by atoms with Crippen molar-refractivity contribution in [2.24, 2.45) is 45.3 Å². The van der Waals surface area contributed by atoms with Crippen LogP contribution >= 0.6 is 11.6 Å². The van der Waals surface area contributed by atoms with E-state index in [1.54, 1.807) is 46.8 Å². The van der Waals surface area contributed by atoms with Crippen LogP contribution in [0, 0.1) is 45.3 Å². The molecular weight excluding hydrogens is 826 g/mol. The molecule has 0 spiro atoms. The van der Waals surface area contributed by atoms with Gasteiger partial charge in [0.05, 0.1) is 30.3 Å². The molecule has 6 saturated carbocycles. The molecule has 0 radical (unpaired) electrons. The number of fused-ring (bicyclic) bond motifs is 14. The highest BCUT2D eigenvalue weighted by atomic mass is 35.5. The zero-order valence-electron chi connectivity index (χ0n) is 37.2. The van der Waals surface area contributed by atoms with Gasteiger partial charge in [-0.1, -0.05) is 38.0 Å². The lowest BCUT2D eigenvalue weighted by Gasteiger charge is -2.63. The average molecular weight is 889 g/mol. The SMILES string of the molecule is CC1(C)O[C@@H]2C[C@H]3[C@@H]4CCC5=CC(=O)C=C[C@]5(C)[C@@]4(F)[C@@H](O)C[C@]3(C)[C@]2(C(=O)CO)O1.CC1(C)O[C@@H]2C[C@H]3[C@@H]4CCC5=CC(=O)CC[C@]5(C)[C@@]4(F)[C@@H](O)C[C@]3(C)[C@]2(C(=O)CCl)O1. The molecule has 8 aliphatic carbocycles. The summed E-state index contributed by atoms with van der Waals surface area (Å²) in [5.74, 6) is -4.47. The first kappa shape index (κ1) is 44.9. The maximum Gasteiger partial charge on any atom is 0.193 e. The molecule has 2 aliphatic heterocycles. The van der Waals surface area contributed by atoms with Crippen LogP contribution in [0.5, 0.6) is 0 Å². The summed E-state index contributed by atoms with van der Waals surface area (Å²) in [5, 5.41) is 32.6. The van der Waals surface area contributed by atoms with Crippen LogP contribution < -0.4 is 0 Å². The molecule has 14 heteroatoms. The van der Waals surface area contributed by atoms with E-state index >= 15 is 8.78 Å². The van der Waals surface area contributed by atoms with Gasteiger partial charge in [-0.15, -0.1) is 11.6 Å². The first-order valence-corrected chi connectivity index (χ1v) is 23.2. The summed E-state index contributed by atoms with van der Waals surface area (Å²) >= 11 is 6.05. The summed E-state index contributed by atoms with van der Waals surface area (Å²) in [4.78, 5) is 50.4. The molecule has 11 nitrogen and oxygen atoms in total. The van der Waals surface area contributed by atoms with Gasteiger partial charge in [0, 0.05) is 39.9 Å². The van der Waals surface area contributed by atoms with Gasteiger partial charge in [0.1, 0.15) is 12.3 Å². The van der Waals surface area contributed by atoms with Gasteiger partial charge in [0.25, 0.3) is 0 Å². The summed E-state index contributed by atoms with van der Waals surface area (Å²) in [6.07, 6.45) is 6.28. The maximum atomic E-state index is 17.2. The van der Waals surface area contributed by atoms with E-state index < -0.39 is 104 Å². The largest absolute Gasteiger partial charge is 0.390 e. The molecule has 0 amide bonds. The third kappa shape index (κ3) is 5.28. The van der Waals surface area contributed by atoms with E-state index in [1.807, 2.05) is 20.8 Å². The Balaban J connectivity index is 0.000000158. The van der Waals surface area contributed by atoms with Crippen molar-refractivity contribution in [1.29, 1.82) is 0 Å². The number of allylic oxidation sites excluding steroid dienone is 5. The summed E-state index contributed by atoms with van der Waals surface area (Å²) < 4.78 is 59.3. The van der Waals surface area contributed by atoms with Crippen molar-refractivity contribution in [1.82, 2.24) is 0 Å². The van der Waals surface area contributed by atoms with Gasteiger partial charge in [0.15, 0.2) is 51.6 Å². The monoisotopic (exact) mass is 888 g/mol. The minimum Gasteiger partial charge on any atom is -0.390 e. The van der Waals surface area contributed by atoms with Crippen LogP contribution in [-0.2, 0) is 38.1 Å². The zero-order valence-corrected chi connectivity index (χ0v) is 37.9. The van der Waals surface area contributed by atoms with Crippen LogP contribution in [0.25, 0.3) is 0 Å². The number of aliphatic hydroxyl groups excluding tert-OH is 3. The number of carbonyl (C=O) groups excluding carboxylic acids is 4. The molecule has 3 N–H and O–H groups in total. The lowest BCUT2D eigenvalue weighted by Crippen LogP contribution is -2.70. The fourth-order valence-electron chi connectivity index (χ4n) is 16.2. The van der Waals surface area contributed by atoms with Crippen LogP contribution in [-0.4, -0.2) is 109 Å². The Labute approximate surface area is 367 Å². The van der Waals surface area contributed by atoms with Crippen molar-refractivity contribution < 1.29 is 62.2 Å². The average Bonchev–Trinajstić information content (AvgIpc) is 3.81. The lowest BCUT2D eigenvalue weighted by molar-refractivity contribution is -0.250. The molecule has 0 aromatic rings. The molecule has 0 aromatic carbocycles. The van der Waals surface area contributed by atoms with E-state index in [0.29, 0.717) is 51.4 Å². The quantitative estimate of drug-likeness (QED) is 0.271. The number of aliphatic hydroxyl groups is 3. The fraction of sp³-hybridized carbons (Fsp3) is 0.792. The summed E-state index contributed by atoms with van der Waals surface area (Å²) in [6.45, 7) is 13.8. The molecule has 0 aromatic heterocycles. The number of halogens is 3. The number of ketones is 4. The standard InChI is InChI=1S/C24H32ClFO5.C24H31FO6/c1-20(2)30-19-10-16-15-6-5-13-9-14(27)7-8-21(13,3)23(15,26)17(28)11-22(16,4)24(19,31-20)18(29)12-25;1-20(2)30-19-10-16-15-6-5-13-9-14(27)7-8-21(13,3)23(15,25)17(28)11-22(16,4)24(19,31-20)18(29)12-26/h9,15-17,19,28H,5-8,10-12H2,1-4H3;7-9,15-17,19,26,28H,5-6,10-12H2,1-4H3/t2*15-,16-,17-,19+,21-,22-,23-,24+/m00/s1. The number of hydrogen-bond acceptors (Lipinski definition) is 11. The number of Topliss-reactive ketones (excluding diaryl/α,β-unsaturated/α-hetero) is 2. The van der Waals surface area contributed by atoms with Gasteiger partial charge in [-0.3, -0.25) is 19.2 Å². The second-order valence-corrected chi connectivity index (χ2v) is 22.5. The Morgan fingerprint density at radius 1 is 0.726 bits per heavy atom. The van der Waals surface area contributed by atoms with Crippen LogP contribution in [0.15, 0.2) is 35.5 Å². The van der Waals surface area contributed by atoms with Gasteiger partial charge >= 0.3 is 0 Å². The second-order valence-electron chi connectivity index (χ2n) is 22.2. The minimum atomic E-state index is -1.98. The predicted octanol–water partition coefficient (Wildman–Crippen LogP) is 6.31. The number of rotatable bonds is 4. The summed E-state index contributed by atoms with van der Waals surface area (Å²) in [5.41, 5.74) is -8.66. The highest BCUT2D eigenvalue weighted by Gasteiger charge is 2.82. The highest BCUT2D eigenvalue weighted by molar-refractivity contribution is 6.29. The Hall–Kier alpha value is -2.23. The smallest absolute Gasteiger partial charge is 0.193 e. The van der Waals surface area contributed by atoms with Gasteiger partial charge in [-0.25, -0.2) is 8.78 Å². The number of hydrogen-bond donors (Lipinski definition) is 3. The Kier molecular flexibility index (Phi) is 9.91. The molecule has 8 fully saturated rings. The third-order valence-corrected chi connectivity index (χ3v) is 19.0. The third-order valence-electron chi connectivity index (χ3n) is 18.8. The first-order valence-electron chi connectivity index (χ1n) is 22.6. The molecule has 10 rings (SSSR count). The molecule has 0 bridgehead atoms. The van der Waals surface area contributed by atoms with Crippen LogP contribution in [0.2, 0.25) is 0 Å². The Morgan fingerprint density at radius 2 is 1.23 bits per heavy atom. The van der Waals surface area contributed by atoms with Gasteiger partial charge in [-0.05, 0) is 122 Å². The van der Waals surface area contributed by atoms with Crippen LogP contribution in [0.1, 0.15) is 120 Å². The van der Waals surface area contributed by atoms with Gasteiger partial charge < -0.3 is 34.3 Å². The molecule has 342 valence electrons. The van der Waals surface area contributed by atoms with Crippen molar-refractivity contribution in [3.05, 3.63) is 35.5 Å². The number of carbonyl (C=O) groups is 4. The zero-order chi connectivity index (χ0) is 45.2. The van der Waals surface area contributed by atoms with E-state index in [-0.39, 0.29) is 47.9 Å². The van der Waals surface area contributed by atoms with Crippen LogP contribution in [0.4, 0.5) is 8.78 Å². The van der Waals surface area contributed by atoms with Crippen molar-refractivity contribution >= 4 is 34.7 Å². The van der Waals surface area contributed by atoms with E-state index in [0.717, 1.165) is 11.1 Å². The predicted molar refractivity (Wildman–Crippen MR) is 221 cm³/mol. The van der Waals surface area contributed by atoms with Crippen molar-refractivity contribution in [3.8, 4) is 0 Å². The lowest BCUT2D eigenvalue weighted by atomic mass is 9.44. The number of ether oxygens (including phenoxy) is 4. The number of alkyl halides is 3.